The first-order valence-corrected chi connectivity index (χ1v) is 10.7. The van der Waals surface area contributed by atoms with Gasteiger partial charge in [0.2, 0.25) is 0 Å². The van der Waals surface area contributed by atoms with E-state index >= 15 is 0 Å². The number of nitrogens with one attached hydrogen (secondary N) is 2. The van der Waals surface area contributed by atoms with Crippen LogP contribution in [-0.2, 0) is 13.0 Å². The molecule has 0 bridgehead atoms. The number of alkyl halides is 3. The first kappa shape index (κ1) is 25.1. The van der Waals surface area contributed by atoms with Crippen LogP contribution in [0.4, 0.5) is 13.2 Å². The molecule has 2 aromatic carbocycles. The van der Waals surface area contributed by atoms with Crippen molar-refractivity contribution < 1.29 is 13.2 Å². The van der Waals surface area contributed by atoms with Crippen LogP contribution in [0.2, 0.25) is 20.1 Å². The molecule has 0 heterocycles. The fourth-order valence-corrected chi connectivity index (χ4v) is 3.67. The lowest BCUT2D eigenvalue weighted by atomic mass is 10.0. The standard InChI is InChI=1S/C20H17Cl4F3N2S/c1-2-28-19(30)29-10-12-5-3-11(7-15(12)21)4-6-14(20(25,26)27)13-8-16(22)18(24)17(23)9-13/h3,5-9H,2,4,10H2,1H3,(H2,28,29,30). The van der Waals surface area contributed by atoms with Crippen molar-refractivity contribution >= 4 is 69.3 Å². The molecule has 10 heteroatoms. The minimum Gasteiger partial charge on any atom is -0.363 e. The number of rotatable bonds is 6. The van der Waals surface area contributed by atoms with Crippen LogP contribution >= 0.6 is 58.6 Å². The summed E-state index contributed by atoms with van der Waals surface area (Å²) in [6.45, 7) is 3.01. The molecule has 2 N–H and O–H groups in total. The Morgan fingerprint density at radius 3 is 2.17 bits per heavy atom. The van der Waals surface area contributed by atoms with E-state index in [1.165, 1.54) is 0 Å². The molecule has 0 saturated heterocycles. The van der Waals surface area contributed by atoms with Gasteiger partial charge in [0.25, 0.3) is 0 Å². The van der Waals surface area contributed by atoms with Crippen molar-refractivity contribution in [2.24, 2.45) is 0 Å². The van der Waals surface area contributed by atoms with Gasteiger partial charge in [0.1, 0.15) is 0 Å². The summed E-state index contributed by atoms with van der Waals surface area (Å²) in [6.07, 6.45) is -3.52. The summed E-state index contributed by atoms with van der Waals surface area (Å²) in [5.74, 6) is 0. The second-order valence-corrected chi connectivity index (χ2v) is 8.22. The predicted octanol–water partition coefficient (Wildman–Crippen LogP) is 7.47. The Morgan fingerprint density at radius 2 is 1.63 bits per heavy atom. The number of hydrogen-bond acceptors (Lipinski definition) is 1. The summed E-state index contributed by atoms with van der Waals surface area (Å²) in [7, 11) is 0. The highest BCUT2D eigenvalue weighted by Crippen LogP contribution is 2.39. The monoisotopic (exact) mass is 514 g/mol. The van der Waals surface area contributed by atoms with Crippen LogP contribution in [0.5, 0.6) is 0 Å². The molecule has 2 rings (SSSR count). The van der Waals surface area contributed by atoms with Gasteiger partial charge < -0.3 is 10.6 Å². The lowest BCUT2D eigenvalue weighted by Crippen LogP contribution is -2.34. The van der Waals surface area contributed by atoms with Gasteiger partial charge in [-0.1, -0.05) is 64.6 Å². The normalized spacial score (nSPS) is 12.1. The second kappa shape index (κ2) is 10.9. The molecular formula is C20H17Cl4F3N2S. The van der Waals surface area contributed by atoms with Crippen molar-refractivity contribution in [1.29, 1.82) is 0 Å². The van der Waals surface area contributed by atoms with Gasteiger partial charge in [-0.15, -0.1) is 0 Å². The van der Waals surface area contributed by atoms with Crippen molar-refractivity contribution in [3.63, 3.8) is 0 Å². The minimum absolute atomic E-state index is 0.00760. The number of allylic oxidation sites excluding steroid dienone is 2. The van der Waals surface area contributed by atoms with Crippen LogP contribution in [0.15, 0.2) is 36.4 Å². The van der Waals surface area contributed by atoms with Gasteiger partial charge in [0.05, 0.1) is 20.6 Å². The highest BCUT2D eigenvalue weighted by Gasteiger charge is 2.35. The molecule has 162 valence electrons. The lowest BCUT2D eigenvalue weighted by molar-refractivity contribution is -0.0690. The van der Waals surface area contributed by atoms with E-state index in [4.69, 9.17) is 58.6 Å². The maximum atomic E-state index is 13.6. The SMILES string of the molecule is CCNC(=S)NCc1ccc(CC=C(c2cc(Cl)c(Cl)c(Cl)c2)C(F)(F)F)cc1Cl. The topological polar surface area (TPSA) is 24.1 Å². The molecule has 0 aliphatic rings. The lowest BCUT2D eigenvalue weighted by Gasteiger charge is -2.14. The quantitative estimate of drug-likeness (QED) is 0.308. The number of halogens is 7. The van der Waals surface area contributed by atoms with Gasteiger partial charge in [-0.05, 0) is 60.5 Å². The molecule has 0 amide bonds. The van der Waals surface area contributed by atoms with Crippen LogP contribution in [0.3, 0.4) is 0 Å². The average molecular weight is 516 g/mol. The Kier molecular flexibility index (Phi) is 9.13. The molecule has 0 saturated carbocycles. The Balaban J connectivity index is 2.24. The smallest absolute Gasteiger partial charge is 0.363 e. The number of benzene rings is 2. The first-order valence-electron chi connectivity index (χ1n) is 8.74. The fraction of sp³-hybridized carbons (Fsp3) is 0.250. The average Bonchev–Trinajstić information content (AvgIpc) is 2.64. The van der Waals surface area contributed by atoms with E-state index in [0.717, 1.165) is 23.8 Å². The summed E-state index contributed by atoms with van der Waals surface area (Å²) < 4.78 is 40.8. The summed E-state index contributed by atoms with van der Waals surface area (Å²) in [4.78, 5) is 0. The van der Waals surface area contributed by atoms with Gasteiger partial charge in [-0.3, -0.25) is 0 Å². The third-order valence-electron chi connectivity index (χ3n) is 4.04. The molecule has 0 spiro atoms. The van der Waals surface area contributed by atoms with Crippen molar-refractivity contribution in [3.8, 4) is 0 Å². The Labute approximate surface area is 198 Å². The second-order valence-electron chi connectivity index (χ2n) is 6.21. The summed E-state index contributed by atoms with van der Waals surface area (Å²) in [6, 6.07) is 7.37. The largest absolute Gasteiger partial charge is 0.416 e. The number of thiocarbonyl (C=S) groups is 1. The molecule has 0 aliphatic heterocycles. The van der Waals surface area contributed by atoms with E-state index in [0.29, 0.717) is 28.8 Å². The third-order valence-corrected chi connectivity index (χ3v) is 5.87. The molecule has 0 fully saturated rings. The van der Waals surface area contributed by atoms with E-state index in [1.54, 1.807) is 18.2 Å². The molecule has 0 radical (unpaired) electrons. The van der Waals surface area contributed by atoms with Crippen LogP contribution in [0.1, 0.15) is 23.6 Å². The van der Waals surface area contributed by atoms with Crippen LogP contribution in [0, 0.1) is 0 Å². The molecule has 2 aromatic rings. The van der Waals surface area contributed by atoms with Gasteiger partial charge in [0, 0.05) is 18.1 Å². The Morgan fingerprint density at radius 1 is 1.00 bits per heavy atom. The molecule has 0 aromatic heterocycles. The maximum absolute atomic E-state index is 13.6. The van der Waals surface area contributed by atoms with Crippen LogP contribution < -0.4 is 10.6 Å². The van der Waals surface area contributed by atoms with E-state index in [9.17, 15) is 13.2 Å². The molecule has 0 unspecified atom stereocenters. The third kappa shape index (κ3) is 6.92. The Bertz CT molecular complexity index is 939. The highest BCUT2D eigenvalue weighted by atomic mass is 35.5. The first-order chi connectivity index (χ1) is 14.0. The van der Waals surface area contributed by atoms with Crippen molar-refractivity contribution in [3.05, 3.63) is 73.2 Å². The van der Waals surface area contributed by atoms with Gasteiger partial charge in [-0.25, -0.2) is 0 Å². The van der Waals surface area contributed by atoms with E-state index in [1.807, 2.05) is 6.92 Å². The van der Waals surface area contributed by atoms with E-state index in [-0.39, 0.29) is 27.1 Å². The maximum Gasteiger partial charge on any atom is 0.416 e. The fourth-order valence-electron chi connectivity index (χ4n) is 2.59. The van der Waals surface area contributed by atoms with Crippen molar-refractivity contribution in [2.45, 2.75) is 26.1 Å². The Hall–Kier alpha value is -1.18. The molecule has 30 heavy (non-hydrogen) atoms. The zero-order chi connectivity index (χ0) is 22.5. The summed E-state index contributed by atoms with van der Waals surface area (Å²) in [5, 5.41) is 6.79. The number of hydrogen-bond donors (Lipinski definition) is 2. The zero-order valence-corrected chi connectivity index (χ0v) is 19.5. The van der Waals surface area contributed by atoms with Gasteiger partial charge >= 0.3 is 6.18 Å². The summed E-state index contributed by atoms with van der Waals surface area (Å²) in [5.41, 5.74) is 0.370. The zero-order valence-electron chi connectivity index (χ0n) is 15.6. The highest BCUT2D eigenvalue weighted by molar-refractivity contribution is 7.80. The van der Waals surface area contributed by atoms with E-state index < -0.39 is 11.7 Å². The molecule has 0 atom stereocenters. The molecule has 0 aliphatic carbocycles. The van der Waals surface area contributed by atoms with Crippen LogP contribution in [-0.4, -0.2) is 17.8 Å². The van der Waals surface area contributed by atoms with E-state index in [2.05, 4.69) is 10.6 Å². The summed E-state index contributed by atoms with van der Waals surface area (Å²) >= 11 is 29.0. The molecule has 2 nitrogen and oxygen atoms in total. The van der Waals surface area contributed by atoms with Gasteiger partial charge in [0.15, 0.2) is 5.11 Å². The van der Waals surface area contributed by atoms with Crippen LogP contribution in [0.25, 0.3) is 5.57 Å². The van der Waals surface area contributed by atoms with Gasteiger partial charge in [-0.2, -0.15) is 13.2 Å². The predicted molar refractivity (Wildman–Crippen MR) is 124 cm³/mol. The minimum atomic E-state index is -4.60. The van der Waals surface area contributed by atoms with Crippen molar-refractivity contribution in [1.82, 2.24) is 10.6 Å². The van der Waals surface area contributed by atoms with Crippen molar-refractivity contribution in [2.75, 3.05) is 6.54 Å². The molecular weight excluding hydrogens is 499 g/mol.